The van der Waals surface area contributed by atoms with Gasteiger partial charge in [-0.1, -0.05) is 61.2 Å². The van der Waals surface area contributed by atoms with E-state index in [1.165, 1.54) is 18.1 Å². The summed E-state index contributed by atoms with van der Waals surface area (Å²) >= 11 is 6.57. The summed E-state index contributed by atoms with van der Waals surface area (Å²) in [6, 6.07) is 20.1. The summed E-state index contributed by atoms with van der Waals surface area (Å²) in [4.78, 5) is 65.4. The fourth-order valence-electron chi connectivity index (χ4n) is 9.76. The molecule has 4 atom stereocenters. The smallest absolute Gasteiger partial charge is 0.416 e. The molecular formula is C50H56ClN5O10. The van der Waals surface area contributed by atoms with Crippen LogP contribution >= 0.6 is 11.6 Å². The lowest BCUT2D eigenvalue weighted by Gasteiger charge is -2.43. The number of benzene rings is 4. The van der Waals surface area contributed by atoms with E-state index in [0.29, 0.717) is 69.4 Å². The molecule has 0 bridgehead atoms. The number of hydrogen-bond donors (Lipinski definition) is 0. The molecule has 0 aromatic heterocycles. The summed E-state index contributed by atoms with van der Waals surface area (Å²) in [6.45, 7) is 7.61. The lowest BCUT2D eigenvalue weighted by Crippen LogP contribution is -2.58. The number of methoxy groups -OCH3 is 1. The van der Waals surface area contributed by atoms with Crippen LogP contribution in [0.4, 0.5) is 21.0 Å². The highest BCUT2D eigenvalue weighted by Gasteiger charge is 2.48. The van der Waals surface area contributed by atoms with Gasteiger partial charge in [0.05, 0.1) is 36.7 Å². The zero-order valence-electron chi connectivity index (χ0n) is 37.5. The van der Waals surface area contributed by atoms with Crippen molar-refractivity contribution < 1.29 is 47.6 Å². The van der Waals surface area contributed by atoms with E-state index < -0.39 is 30.7 Å². The van der Waals surface area contributed by atoms with Gasteiger partial charge in [-0.15, -0.1) is 11.6 Å². The molecule has 0 saturated carbocycles. The van der Waals surface area contributed by atoms with Gasteiger partial charge in [-0.05, 0) is 67.3 Å². The number of amides is 4. The van der Waals surface area contributed by atoms with Gasteiger partial charge in [0, 0.05) is 81.6 Å². The van der Waals surface area contributed by atoms with Crippen molar-refractivity contribution in [1.29, 1.82) is 0 Å². The van der Waals surface area contributed by atoms with Crippen LogP contribution < -0.4 is 24.0 Å². The molecule has 4 amide bonds. The Morgan fingerprint density at radius 1 is 0.909 bits per heavy atom. The lowest BCUT2D eigenvalue weighted by atomic mass is 9.92. The standard InChI is InChI=1S/C50H56ClN5O10/c1-4-22-64-50(60)56-38-27-43(42(61-3)26-37(38)47(58)55-30-33-13-6-5-12-32(33)25-40(55)48(56)66-45-17-9-10-23-63-45)62-24-11-16-44(57)54-31-34(29-51)46-36-15-8-7-14-35(36)41(28-39(46)54)65-49(59)53-20-18-52(2)19-21-53/h4-8,12-15,26-28,34,40,45,48H,1,9-11,16-25,29-31H2,2-3H3/t34-,40+,45?,48+/m1/s1. The minimum absolute atomic E-state index is 0.0670. The molecule has 15 nitrogen and oxygen atoms in total. The normalized spacial score (nSPS) is 21.6. The molecule has 0 radical (unpaired) electrons. The minimum atomic E-state index is -0.990. The minimum Gasteiger partial charge on any atom is -0.493 e. The number of carbonyl (C=O) groups is 4. The number of fused-ring (bicyclic) bond motifs is 6. The topological polar surface area (TPSA) is 140 Å². The Balaban J connectivity index is 0.973. The Morgan fingerprint density at radius 3 is 2.41 bits per heavy atom. The van der Waals surface area contributed by atoms with Crippen LogP contribution in [0.2, 0.25) is 0 Å². The van der Waals surface area contributed by atoms with Crippen LogP contribution in [-0.4, -0.2) is 130 Å². The molecule has 1 unspecified atom stereocenters. The molecule has 9 rings (SSSR count). The van der Waals surface area contributed by atoms with Crippen molar-refractivity contribution in [2.24, 2.45) is 0 Å². The highest BCUT2D eigenvalue weighted by molar-refractivity contribution is 6.19. The SMILES string of the molecule is C=CCOC(=O)N1c2cc(OCCCC(=O)N3C[C@@H](CCl)c4c3cc(OC(=O)N3CCN(C)CC3)c3ccccc43)c(OC)cc2C(=O)N2Cc3ccccc3C[C@H]2[C@@H]1OC1CCCCO1. The third-order valence-corrected chi connectivity index (χ3v) is 13.6. The van der Waals surface area contributed by atoms with Crippen molar-refractivity contribution in [3.05, 3.63) is 102 Å². The molecular weight excluding hydrogens is 866 g/mol. The number of alkyl halides is 1. The Kier molecular flexibility index (Phi) is 13.7. The average molecular weight is 922 g/mol. The van der Waals surface area contributed by atoms with Gasteiger partial charge in [0.25, 0.3) is 5.91 Å². The largest absolute Gasteiger partial charge is 0.493 e. The third kappa shape index (κ3) is 9.01. The zero-order chi connectivity index (χ0) is 45.9. The summed E-state index contributed by atoms with van der Waals surface area (Å²) in [7, 11) is 3.51. The number of piperazine rings is 1. The third-order valence-electron chi connectivity index (χ3n) is 13.2. The Hall–Kier alpha value is -5.87. The zero-order valence-corrected chi connectivity index (χ0v) is 38.2. The Bertz CT molecular complexity index is 2490. The summed E-state index contributed by atoms with van der Waals surface area (Å²) < 4.78 is 36.8. The van der Waals surface area contributed by atoms with Crippen LogP contribution in [0.1, 0.15) is 65.1 Å². The molecule has 0 spiro atoms. The fraction of sp³-hybridized carbons (Fsp3) is 0.440. The van der Waals surface area contributed by atoms with E-state index in [2.05, 4.69) is 11.5 Å². The molecule has 2 fully saturated rings. The van der Waals surface area contributed by atoms with Crippen molar-refractivity contribution in [3.63, 3.8) is 0 Å². The summed E-state index contributed by atoms with van der Waals surface area (Å²) in [5.41, 5.74) is 4.13. The van der Waals surface area contributed by atoms with Gasteiger partial charge in [0.15, 0.2) is 24.0 Å². The maximum absolute atomic E-state index is 14.8. The second-order valence-corrected chi connectivity index (χ2v) is 17.7. The van der Waals surface area contributed by atoms with Crippen molar-refractivity contribution in [1.82, 2.24) is 14.7 Å². The van der Waals surface area contributed by atoms with Gasteiger partial charge in [0.2, 0.25) is 5.91 Å². The van der Waals surface area contributed by atoms with Gasteiger partial charge in [0.1, 0.15) is 12.4 Å². The molecule has 348 valence electrons. The van der Waals surface area contributed by atoms with Crippen LogP contribution in [0.15, 0.2) is 79.4 Å². The predicted octanol–water partition coefficient (Wildman–Crippen LogP) is 7.70. The first kappa shape index (κ1) is 45.3. The van der Waals surface area contributed by atoms with Crippen molar-refractivity contribution in [2.45, 2.75) is 69.5 Å². The van der Waals surface area contributed by atoms with E-state index in [1.54, 1.807) is 32.9 Å². The number of anilines is 2. The lowest BCUT2D eigenvalue weighted by molar-refractivity contribution is -0.197. The number of nitrogens with zero attached hydrogens (tertiary/aromatic N) is 5. The van der Waals surface area contributed by atoms with Crippen LogP contribution in [0.25, 0.3) is 10.8 Å². The van der Waals surface area contributed by atoms with Crippen molar-refractivity contribution >= 4 is 57.7 Å². The van der Waals surface area contributed by atoms with Crippen molar-refractivity contribution in [3.8, 4) is 17.2 Å². The predicted molar refractivity (Wildman–Crippen MR) is 249 cm³/mol. The fourth-order valence-corrected chi connectivity index (χ4v) is 10.0. The number of ether oxygens (including phenoxy) is 6. The van der Waals surface area contributed by atoms with Crippen LogP contribution in [0.5, 0.6) is 17.2 Å². The van der Waals surface area contributed by atoms with Gasteiger partial charge < -0.3 is 48.0 Å². The number of halogens is 1. The second kappa shape index (κ2) is 19.9. The highest BCUT2D eigenvalue weighted by Crippen LogP contribution is 2.47. The van der Waals surface area contributed by atoms with E-state index in [4.69, 9.17) is 40.0 Å². The van der Waals surface area contributed by atoms with Gasteiger partial charge in [-0.3, -0.25) is 9.59 Å². The van der Waals surface area contributed by atoms with Gasteiger partial charge in [-0.25, -0.2) is 14.5 Å². The van der Waals surface area contributed by atoms with E-state index in [-0.39, 0.29) is 60.1 Å². The highest BCUT2D eigenvalue weighted by atomic mass is 35.5. The summed E-state index contributed by atoms with van der Waals surface area (Å²) in [5.74, 6) is 0.657. The van der Waals surface area contributed by atoms with Crippen molar-refractivity contribution in [2.75, 3.05) is 82.4 Å². The second-order valence-electron chi connectivity index (χ2n) is 17.4. The number of rotatable bonds is 12. The molecule has 66 heavy (non-hydrogen) atoms. The van der Waals surface area contributed by atoms with Gasteiger partial charge in [-0.2, -0.15) is 0 Å². The quantitative estimate of drug-likeness (QED) is 0.0785. The van der Waals surface area contributed by atoms with Crippen LogP contribution in [-0.2, 0) is 32.0 Å². The molecule has 2 saturated heterocycles. The molecule has 0 N–H and O–H groups in total. The van der Waals surface area contributed by atoms with Crippen LogP contribution in [0.3, 0.4) is 0 Å². The Labute approximate surface area is 389 Å². The molecule has 0 aliphatic carbocycles. The summed E-state index contributed by atoms with van der Waals surface area (Å²) in [5, 5.41) is 1.66. The Morgan fingerprint density at radius 2 is 1.67 bits per heavy atom. The number of likely N-dealkylation sites (N-methyl/N-ethyl adjacent to an activating group) is 1. The van der Waals surface area contributed by atoms with E-state index in [0.717, 1.165) is 53.4 Å². The molecule has 4 aromatic carbocycles. The first-order chi connectivity index (χ1) is 32.2. The van der Waals surface area contributed by atoms with Crippen LogP contribution in [0, 0.1) is 0 Å². The maximum Gasteiger partial charge on any atom is 0.416 e. The molecule has 5 heterocycles. The maximum atomic E-state index is 14.8. The molecule has 4 aromatic rings. The first-order valence-corrected chi connectivity index (χ1v) is 23.3. The first-order valence-electron chi connectivity index (χ1n) is 22.8. The van der Waals surface area contributed by atoms with E-state index in [9.17, 15) is 19.2 Å². The monoisotopic (exact) mass is 921 g/mol. The van der Waals surface area contributed by atoms with E-state index >= 15 is 0 Å². The number of hydrogen-bond acceptors (Lipinski definition) is 11. The summed E-state index contributed by atoms with van der Waals surface area (Å²) in [6.07, 6.45) is 2.03. The average Bonchev–Trinajstić information content (AvgIpc) is 3.69. The molecule has 5 aliphatic rings. The molecule has 5 aliphatic heterocycles. The number of carbonyl (C=O) groups excluding carboxylic acids is 4. The van der Waals surface area contributed by atoms with E-state index in [1.807, 2.05) is 55.6 Å². The van der Waals surface area contributed by atoms with Gasteiger partial charge >= 0.3 is 12.2 Å². The molecule has 16 heteroatoms.